The van der Waals surface area contributed by atoms with Crippen LogP contribution in [0.2, 0.25) is 10.0 Å². The van der Waals surface area contributed by atoms with Crippen LogP contribution in [0.4, 0.5) is 34.1 Å². The van der Waals surface area contributed by atoms with Gasteiger partial charge in [-0.25, -0.2) is 9.59 Å². The first-order valence-corrected chi connectivity index (χ1v) is 24.1. The predicted octanol–water partition coefficient (Wildman–Crippen LogP) is 11.7. The second-order valence-electron chi connectivity index (χ2n) is 16.2. The van der Waals surface area contributed by atoms with Gasteiger partial charge in [-0.15, -0.1) is 35.6 Å². The Morgan fingerprint density at radius 2 is 1.30 bits per heavy atom. The summed E-state index contributed by atoms with van der Waals surface area (Å²) in [5, 5.41) is 46.6. The summed E-state index contributed by atoms with van der Waals surface area (Å²) in [7, 11) is 0. The maximum Gasteiger partial charge on any atom is 0.417 e. The first-order chi connectivity index (χ1) is 33.8. The number of aliphatic hydroxyl groups excluding tert-OH is 4. The molecule has 2 aliphatic heterocycles. The number of halogens is 8. The first kappa shape index (κ1) is 64.1. The smallest absolute Gasteiger partial charge is 0.410 e. The van der Waals surface area contributed by atoms with Crippen molar-refractivity contribution in [1.29, 1.82) is 0 Å². The second-order valence-corrected chi connectivity index (χ2v) is 17.8. The molecule has 0 saturated carbocycles. The highest BCUT2D eigenvalue weighted by Crippen LogP contribution is 2.33. The molecular weight excluding hydrogens is 1050 g/mol. The number of nitrogens with zero attached hydrogens (tertiary/aromatic N) is 3. The standard InChI is InChI=1S/C22H26ClN3O3.C15H12F3NO2.C13H17ClN2O2.CH2Cl2.CH4.ClH/c1-14-3-4-18(9-15(14)2)25-22(29)26-7-5-17(6-8-26)21-20(23)11-16(12-24-21)10-19(28)13-27;1-10-9-11(7-8-13(10)15(16,17)18)19-14(20)21-12-5-3-2-4-6-12;14-12-6-9(5-11(18)8-17)7-16-13(12)10-1-3-15-4-2-10;2-1-3;;/h3-5,9,11-12,19,27-28H,6-8,10,13H2,1-2H3,(H,25,29);2-9H,1H3,(H,19,20);1,6-7,11,15,17-18H,2-5,8H2;1H2;1H4;1H/t19-;;11-;;;/m0.0.../s1. The zero-order valence-electron chi connectivity index (χ0n) is 39.7. The Bertz CT molecular complexity index is 2600. The molecule has 398 valence electrons. The third kappa shape index (κ3) is 21.4. The van der Waals surface area contributed by atoms with Gasteiger partial charge in [0.15, 0.2) is 0 Å². The van der Waals surface area contributed by atoms with E-state index in [1.807, 2.05) is 44.2 Å². The van der Waals surface area contributed by atoms with E-state index in [0.29, 0.717) is 53.8 Å². The number of benzene rings is 3. The van der Waals surface area contributed by atoms with E-state index in [2.05, 4.69) is 32.0 Å². The van der Waals surface area contributed by atoms with Gasteiger partial charge in [-0.3, -0.25) is 15.3 Å². The lowest BCUT2D eigenvalue weighted by atomic mass is 10.0. The predicted molar refractivity (Wildman–Crippen MR) is 289 cm³/mol. The Morgan fingerprint density at radius 3 is 1.77 bits per heavy atom. The minimum atomic E-state index is -4.41. The number of anilines is 2. The molecule has 4 heterocycles. The number of carbonyl (C=O) groups is 2. The van der Waals surface area contributed by atoms with Crippen LogP contribution in [0.15, 0.2) is 103 Å². The van der Waals surface area contributed by atoms with Gasteiger partial charge in [0.05, 0.1) is 57.8 Å². The Labute approximate surface area is 450 Å². The van der Waals surface area contributed by atoms with Crippen molar-refractivity contribution in [3.05, 3.63) is 158 Å². The summed E-state index contributed by atoms with van der Waals surface area (Å²) < 4.78 is 42.8. The topological polar surface area (TPSA) is 189 Å². The van der Waals surface area contributed by atoms with Gasteiger partial charge in [-0.2, -0.15) is 13.2 Å². The maximum absolute atomic E-state index is 12.6. The molecule has 0 radical (unpaired) electrons. The van der Waals surface area contributed by atoms with Crippen LogP contribution >= 0.6 is 58.8 Å². The quantitative estimate of drug-likeness (QED) is 0.0627. The molecule has 7 N–H and O–H groups in total. The largest absolute Gasteiger partial charge is 0.417 e. The Morgan fingerprint density at radius 1 is 0.767 bits per heavy atom. The number of aliphatic hydroxyl groups is 4. The second kappa shape index (κ2) is 32.4. The van der Waals surface area contributed by atoms with Crippen LogP contribution in [0.1, 0.15) is 65.0 Å². The van der Waals surface area contributed by atoms with Crippen LogP contribution in [-0.2, 0) is 19.0 Å². The maximum atomic E-state index is 12.6. The van der Waals surface area contributed by atoms with E-state index in [0.717, 1.165) is 64.8 Å². The number of pyridine rings is 2. The van der Waals surface area contributed by atoms with Gasteiger partial charge in [0.2, 0.25) is 0 Å². The molecule has 0 spiro atoms. The van der Waals surface area contributed by atoms with Gasteiger partial charge in [0, 0.05) is 56.2 Å². The molecule has 0 fully saturated rings. The van der Waals surface area contributed by atoms with Gasteiger partial charge >= 0.3 is 18.3 Å². The molecule has 3 aromatic carbocycles. The van der Waals surface area contributed by atoms with Gasteiger partial charge in [0.1, 0.15) is 5.75 Å². The molecule has 5 aromatic rings. The van der Waals surface area contributed by atoms with E-state index in [9.17, 15) is 33.0 Å². The van der Waals surface area contributed by atoms with E-state index in [1.54, 1.807) is 53.7 Å². The monoisotopic (exact) mass is 1110 g/mol. The molecule has 0 unspecified atom stereocenters. The van der Waals surface area contributed by atoms with E-state index in [1.165, 1.54) is 24.6 Å². The fourth-order valence-corrected chi connectivity index (χ4v) is 7.67. The third-order valence-electron chi connectivity index (χ3n) is 10.8. The molecule has 0 aliphatic carbocycles. The molecule has 0 saturated heterocycles. The lowest BCUT2D eigenvalue weighted by molar-refractivity contribution is -0.138. The first-order valence-electron chi connectivity index (χ1n) is 22.3. The summed E-state index contributed by atoms with van der Waals surface area (Å²) in [6.07, 6.45) is 2.94. The molecule has 2 aromatic heterocycles. The summed E-state index contributed by atoms with van der Waals surface area (Å²) in [6, 6.07) is 21.0. The molecule has 7 rings (SSSR count). The Kier molecular flexibility index (Phi) is 28.4. The number of ether oxygens (including phenoxy) is 1. The van der Waals surface area contributed by atoms with Crippen molar-refractivity contribution in [2.75, 3.05) is 55.4 Å². The van der Waals surface area contributed by atoms with Crippen LogP contribution in [0.5, 0.6) is 5.75 Å². The zero-order valence-corrected chi connectivity index (χ0v) is 43.5. The highest BCUT2D eigenvalue weighted by Gasteiger charge is 2.32. The van der Waals surface area contributed by atoms with Crippen molar-refractivity contribution in [1.82, 2.24) is 20.2 Å². The highest BCUT2D eigenvalue weighted by molar-refractivity contribution is 6.40. The van der Waals surface area contributed by atoms with Gasteiger partial charge in [-0.1, -0.05) is 67.0 Å². The Hall–Kier alpha value is -4.98. The van der Waals surface area contributed by atoms with Crippen LogP contribution in [0.3, 0.4) is 0 Å². The number of carbonyl (C=O) groups excluding carboxylic acids is 2. The van der Waals surface area contributed by atoms with E-state index in [4.69, 9.17) is 61.4 Å². The average molecular weight is 1120 g/mol. The minimum Gasteiger partial charge on any atom is -0.410 e. The van der Waals surface area contributed by atoms with Crippen molar-refractivity contribution in [3.63, 3.8) is 0 Å². The summed E-state index contributed by atoms with van der Waals surface area (Å²) in [5.41, 5.74) is 7.93. The van der Waals surface area contributed by atoms with Gasteiger partial charge in [0.25, 0.3) is 0 Å². The number of nitrogens with one attached hydrogen (secondary N) is 3. The molecule has 2 aliphatic rings. The van der Waals surface area contributed by atoms with Crippen molar-refractivity contribution in [2.24, 2.45) is 0 Å². The SMILES string of the molecule is C.Cc1cc(NC(=O)Oc2ccccc2)ccc1C(F)(F)F.Cc1ccc(NC(=O)N2CC=C(c3ncc(C[C@H](O)CO)cc3Cl)CC2)cc1C.Cl.ClCCl.OC[C@@H](O)Cc1cnc(C2=CCNCC2)c(Cl)c1. The number of hydrogen-bond donors (Lipinski definition) is 7. The molecular formula is C52H62Cl5F3N6O7. The number of aryl methyl sites for hydroxylation is 3. The van der Waals surface area contributed by atoms with E-state index < -0.39 is 30.0 Å². The summed E-state index contributed by atoms with van der Waals surface area (Å²) in [4.78, 5) is 34.7. The number of urea groups is 1. The van der Waals surface area contributed by atoms with Crippen molar-refractivity contribution >= 4 is 93.5 Å². The number of alkyl halides is 5. The van der Waals surface area contributed by atoms with E-state index >= 15 is 0 Å². The van der Waals surface area contributed by atoms with Gasteiger partial charge < -0.3 is 40.7 Å². The van der Waals surface area contributed by atoms with Gasteiger partial charge in [-0.05, 0) is 134 Å². The molecule has 2 atom stereocenters. The highest BCUT2D eigenvalue weighted by atomic mass is 35.5. The molecule has 21 heteroatoms. The number of para-hydroxylation sites is 1. The van der Waals surface area contributed by atoms with Crippen molar-refractivity contribution in [3.8, 4) is 5.75 Å². The number of hydrogen-bond acceptors (Lipinski definition) is 10. The van der Waals surface area contributed by atoms with Crippen LogP contribution in [0.25, 0.3) is 11.1 Å². The fourth-order valence-electron chi connectivity index (χ4n) is 7.05. The van der Waals surface area contributed by atoms with Crippen molar-refractivity contribution in [2.45, 2.75) is 72.3 Å². The van der Waals surface area contributed by atoms with Crippen LogP contribution in [0, 0.1) is 20.8 Å². The fraction of sp³-hybridized carbons (Fsp3) is 0.346. The number of rotatable bonds is 11. The number of amides is 3. The lowest BCUT2D eigenvalue weighted by Gasteiger charge is -2.27. The van der Waals surface area contributed by atoms with Crippen LogP contribution < -0.4 is 20.7 Å². The lowest BCUT2D eigenvalue weighted by Crippen LogP contribution is -2.38. The normalized spacial score (nSPS) is 13.7. The Balaban J connectivity index is 0.000000370. The average Bonchev–Trinajstić information content (AvgIpc) is 3.33. The zero-order chi connectivity index (χ0) is 52.1. The summed E-state index contributed by atoms with van der Waals surface area (Å²) >= 11 is 22.1. The summed E-state index contributed by atoms with van der Waals surface area (Å²) in [5.74, 6) is 0.346. The summed E-state index contributed by atoms with van der Waals surface area (Å²) in [6.45, 7) is 7.68. The molecule has 73 heavy (non-hydrogen) atoms. The van der Waals surface area contributed by atoms with Crippen LogP contribution in [-0.4, -0.2) is 104 Å². The molecule has 13 nitrogen and oxygen atoms in total. The minimum absolute atomic E-state index is 0. The van der Waals surface area contributed by atoms with E-state index in [-0.39, 0.29) is 55.7 Å². The molecule has 0 bridgehead atoms. The third-order valence-corrected chi connectivity index (χ3v) is 11.4. The number of aromatic nitrogens is 2. The molecule has 3 amide bonds. The van der Waals surface area contributed by atoms with Crippen molar-refractivity contribution < 1.29 is 47.9 Å².